The summed E-state index contributed by atoms with van der Waals surface area (Å²) < 4.78 is 27.2. The van der Waals surface area contributed by atoms with Gasteiger partial charge in [0.2, 0.25) is 0 Å². The number of aromatic nitrogens is 1. The van der Waals surface area contributed by atoms with Crippen LogP contribution < -0.4 is 5.32 Å². The number of nitrogens with zero attached hydrogens (tertiary/aromatic N) is 1. The van der Waals surface area contributed by atoms with Crippen molar-refractivity contribution in [2.45, 2.75) is 19.4 Å². The Morgan fingerprint density at radius 3 is 2.65 bits per heavy atom. The maximum absolute atomic E-state index is 13.4. The van der Waals surface area contributed by atoms with Crippen molar-refractivity contribution in [3.8, 4) is 0 Å². The van der Waals surface area contributed by atoms with Crippen molar-refractivity contribution in [1.82, 2.24) is 10.3 Å². The molecule has 0 fully saturated rings. The number of nitrogens with one attached hydrogen (secondary N) is 1. The van der Waals surface area contributed by atoms with Crippen molar-refractivity contribution in [3.63, 3.8) is 0 Å². The highest BCUT2D eigenvalue weighted by Gasteiger charge is 2.17. The van der Waals surface area contributed by atoms with Gasteiger partial charge in [0.05, 0.1) is 12.2 Å². The summed E-state index contributed by atoms with van der Waals surface area (Å²) >= 11 is 3.36. The van der Waals surface area contributed by atoms with Crippen LogP contribution in [0.3, 0.4) is 0 Å². The van der Waals surface area contributed by atoms with Crippen molar-refractivity contribution in [2.24, 2.45) is 0 Å². The highest BCUT2D eigenvalue weighted by atomic mass is 79.9. The smallest absolute Gasteiger partial charge is 0.141 e. The molecule has 0 amide bonds. The molecule has 1 aromatic carbocycles. The van der Waals surface area contributed by atoms with E-state index in [0.717, 1.165) is 18.5 Å². The van der Waals surface area contributed by atoms with Gasteiger partial charge in [0.1, 0.15) is 11.6 Å². The van der Waals surface area contributed by atoms with Gasteiger partial charge in [-0.05, 0) is 42.3 Å². The van der Waals surface area contributed by atoms with Crippen LogP contribution in [0.15, 0.2) is 41.1 Å². The van der Waals surface area contributed by atoms with E-state index in [4.69, 9.17) is 0 Å². The summed E-state index contributed by atoms with van der Waals surface area (Å²) in [6.45, 7) is 2.82. The van der Waals surface area contributed by atoms with Crippen molar-refractivity contribution in [1.29, 1.82) is 0 Å². The van der Waals surface area contributed by atoms with Gasteiger partial charge in [-0.15, -0.1) is 0 Å². The lowest BCUT2D eigenvalue weighted by molar-refractivity contribution is 0.576. The lowest BCUT2D eigenvalue weighted by Crippen LogP contribution is -2.24. The van der Waals surface area contributed by atoms with Crippen molar-refractivity contribution in [3.05, 3.63) is 63.9 Å². The predicted octanol–water partition coefficient (Wildman–Crippen LogP) is 4.21. The highest BCUT2D eigenvalue weighted by molar-refractivity contribution is 9.10. The summed E-state index contributed by atoms with van der Waals surface area (Å²) in [5.74, 6) is -0.698. The fourth-order valence-electron chi connectivity index (χ4n) is 2.02. The maximum atomic E-state index is 13.4. The van der Waals surface area contributed by atoms with Gasteiger partial charge in [-0.1, -0.05) is 28.9 Å². The minimum absolute atomic E-state index is 0.229. The molecule has 106 valence electrons. The van der Waals surface area contributed by atoms with E-state index in [0.29, 0.717) is 10.0 Å². The molecule has 0 spiro atoms. The quantitative estimate of drug-likeness (QED) is 0.881. The Kier molecular flexibility index (Phi) is 5.20. The van der Waals surface area contributed by atoms with Crippen LogP contribution in [0.1, 0.15) is 30.5 Å². The molecule has 0 bridgehead atoms. The van der Waals surface area contributed by atoms with Crippen LogP contribution in [-0.2, 0) is 0 Å². The fourth-order valence-corrected chi connectivity index (χ4v) is 2.60. The molecule has 0 aliphatic heterocycles. The first-order chi connectivity index (χ1) is 9.61. The summed E-state index contributed by atoms with van der Waals surface area (Å²) in [5.41, 5.74) is 1.57. The second kappa shape index (κ2) is 6.90. The Hall–Kier alpha value is -1.33. The van der Waals surface area contributed by atoms with Crippen molar-refractivity contribution >= 4 is 15.9 Å². The zero-order valence-electron chi connectivity index (χ0n) is 11.0. The van der Waals surface area contributed by atoms with E-state index in [1.807, 2.05) is 6.92 Å². The minimum atomic E-state index is -0.385. The molecular weight excluding hydrogens is 326 g/mol. The van der Waals surface area contributed by atoms with Gasteiger partial charge in [-0.25, -0.2) is 8.78 Å². The molecule has 1 N–H and O–H groups in total. The van der Waals surface area contributed by atoms with E-state index in [1.165, 1.54) is 24.4 Å². The third-order valence-corrected chi connectivity index (χ3v) is 3.62. The Bertz CT molecular complexity index is 590. The van der Waals surface area contributed by atoms with Crippen LogP contribution in [0.5, 0.6) is 0 Å². The first-order valence-electron chi connectivity index (χ1n) is 6.40. The molecule has 5 heteroatoms. The second-order valence-electron chi connectivity index (χ2n) is 4.49. The Morgan fingerprint density at radius 1 is 1.20 bits per heavy atom. The summed E-state index contributed by atoms with van der Waals surface area (Å²) in [4.78, 5) is 3.88. The topological polar surface area (TPSA) is 24.9 Å². The number of hydrogen-bond acceptors (Lipinski definition) is 2. The number of hydrogen-bond donors (Lipinski definition) is 1. The van der Waals surface area contributed by atoms with Gasteiger partial charge in [0.15, 0.2) is 0 Å². The number of benzene rings is 1. The van der Waals surface area contributed by atoms with Crippen LogP contribution in [0.25, 0.3) is 0 Å². The summed E-state index contributed by atoms with van der Waals surface area (Å²) in [6.07, 6.45) is 3.73. The molecule has 0 radical (unpaired) electrons. The second-order valence-corrected chi connectivity index (χ2v) is 5.34. The fraction of sp³-hybridized carbons (Fsp3) is 0.267. The predicted molar refractivity (Wildman–Crippen MR) is 78.4 cm³/mol. The van der Waals surface area contributed by atoms with Crippen molar-refractivity contribution in [2.75, 3.05) is 6.54 Å². The first-order valence-corrected chi connectivity index (χ1v) is 7.20. The highest BCUT2D eigenvalue weighted by Crippen LogP contribution is 2.29. The Morgan fingerprint density at radius 2 is 2.00 bits per heavy atom. The monoisotopic (exact) mass is 340 g/mol. The van der Waals surface area contributed by atoms with E-state index >= 15 is 0 Å². The zero-order chi connectivity index (χ0) is 14.5. The molecule has 1 atom stereocenters. The van der Waals surface area contributed by atoms with Gasteiger partial charge in [0, 0.05) is 10.7 Å². The summed E-state index contributed by atoms with van der Waals surface area (Å²) in [5, 5.41) is 3.33. The molecule has 2 aromatic rings. The maximum Gasteiger partial charge on any atom is 0.141 e. The number of halogens is 3. The normalized spacial score (nSPS) is 12.4. The van der Waals surface area contributed by atoms with Gasteiger partial charge in [0.25, 0.3) is 0 Å². The molecule has 0 aliphatic carbocycles. The molecule has 1 heterocycles. The molecule has 1 unspecified atom stereocenters. The Labute approximate surface area is 125 Å². The minimum Gasteiger partial charge on any atom is -0.306 e. The third kappa shape index (κ3) is 3.61. The molecule has 0 aliphatic rings. The van der Waals surface area contributed by atoms with Gasteiger partial charge in [-0.2, -0.15) is 0 Å². The Balaban J connectivity index is 2.41. The molecule has 1 aromatic heterocycles. The largest absolute Gasteiger partial charge is 0.306 e. The van der Waals surface area contributed by atoms with Gasteiger partial charge in [-0.3, -0.25) is 4.98 Å². The van der Waals surface area contributed by atoms with Gasteiger partial charge >= 0.3 is 0 Å². The lowest BCUT2D eigenvalue weighted by atomic mass is 10.00. The number of pyridine rings is 1. The molecule has 2 rings (SSSR count). The van der Waals surface area contributed by atoms with E-state index in [-0.39, 0.29) is 17.7 Å². The first kappa shape index (κ1) is 15.1. The van der Waals surface area contributed by atoms with Crippen LogP contribution in [-0.4, -0.2) is 11.5 Å². The molecule has 0 saturated carbocycles. The van der Waals surface area contributed by atoms with Crippen LogP contribution in [0.2, 0.25) is 0 Å². The van der Waals surface area contributed by atoms with E-state index < -0.39 is 0 Å². The zero-order valence-corrected chi connectivity index (χ0v) is 12.6. The van der Waals surface area contributed by atoms with E-state index in [2.05, 4.69) is 26.2 Å². The van der Waals surface area contributed by atoms with Crippen LogP contribution >= 0.6 is 15.9 Å². The summed E-state index contributed by atoms with van der Waals surface area (Å²) in [6, 6.07) is 5.71. The van der Waals surface area contributed by atoms with Gasteiger partial charge < -0.3 is 5.32 Å². The van der Waals surface area contributed by atoms with Crippen molar-refractivity contribution < 1.29 is 8.78 Å². The average molecular weight is 341 g/mol. The molecule has 2 nitrogen and oxygen atoms in total. The number of rotatable bonds is 5. The standard InChI is InChI=1S/C15H15BrF2N2/c1-2-5-20-15(10-6-12(18)9-19-8-10)13-4-3-11(17)7-14(13)16/h3-4,6-9,15,20H,2,5H2,1H3. The summed E-state index contributed by atoms with van der Waals surface area (Å²) in [7, 11) is 0. The van der Waals surface area contributed by atoms with Crippen LogP contribution in [0.4, 0.5) is 8.78 Å². The molecular formula is C15H15BrF2N2. The average Bonchev–Trinajstić information content (AvgIpc) is 2.41. The molecule has 0 saturated heterocycles. The lowest BCUT2D eigenvalue weighted by Gasteiger charge is -2.20. The third-order valence-electron chi connectivity index (χ3n) is 2.93. The molecule has 20 heavy (non-hydrogen) atoms. The van der Waals surface area contributed by atoms with E-state index in [1.54, 1.807) is 12.3 Å². The van der Waals surface area contributed by atoms with E-state index in [9.17, 15) is 8.78 Å². The SMILES string of the molecule is CCCNC(c1cncc(F)c1)c1ccc(F)cc1Br. The van der Waals surface area contributed by atoms with Crippen LogP contribution in [0, 0.1) is 11.6 Å².